The first kappa shape index (κ1) is 19.0. The van der Waals surface area contributed by atoms with Crippen molar-refractivity contribution in [3.8, 4) is 0 Å². The summed E-state index contributed by atoms with van der Waals surface area (Å²) in [6, 6.07) is 10.8. The van der Waals surface area contributed by atoms with Gasteiger partial charge in [0.05, 0.1) is 0 Å². The van der Waals surface area contributed by atoms with E-state index in [4.69, 9.17) is 9.47 Å². The molecule has 0 aromatic heterocycles. The Kier molecular flexibility index (Phi) is 7.62. The summed E-state index contributed by atoms with van der Waals surface area (Å²) in [5.41, 5.74) is 0.0348. The third-order valence-corrected chi connectivity index (χ3v) is 6.47. The molecule has 23 heavy (non-hydrogen) atoms. The number of ether oxygens (including phenoxy) is 2. The molecule has 2 rings (SSSR count). The summed E-state index contributed by atoms with van der Waals surface area (Å²) in [7, 11) is 0. The molecule has 0 radical (unpaired) electrons. The number of hydrogen-bond acceptors (Lipinski definition) is 2. The normalized spacial score (nSPS) is 25.5. The van der Waals surface area contributed by atoms with Crippen LogP contribution in [0.25, 0.3) is 0 Å². The Morgan fingerprint density at radius 1 is 1.04 bits per heavy atom. The molecule has 0 unspecified atom stereocenters. The summed E-state index contributed by atoms with van der Waals surface area (Å²) < 4.78 is 14.0. The second-order valence-electron chi connectivity index (χ2n) is 7.54. The Hall–Kier alpha value is -0.341. The fourth-order valence-electron chi connectivity index (χ4n) is 2.79. The van der Waals surface area contributed by atoms with E-state index in [0.29, 0.717) is 26.1 Å². The van der Waals surface area contributed by atoms with Gasteiger partial charge in [0.25, 0.3) is 0 Å². The molecule has 0 aliphatic carbocycles. The van der Waals surface area contributed by atoms with E-state index < -0.39 is 0 Å². The van der Waals surface area contributed by atoms with Crippen molar-refractivity contribution in [3.63, 3.8) is 0 Å². The van der Waals surface area contributed by atoms with Crippen LogP contribution in [0.4, 0.5) is 0 Å². The van der Waals surface area contributed by atoms with Gasteiger partial charge in [-0.15, -0.1) is 0 Å². The standard InChI is InChI=1S/C20H32O2Se/c1-5-6-7-9-12-16-15-18(22-19(21-16)20(2,3)4)23-17-13-10-8-11-14-17/h8,10-11,13-14,16,18-19H,5-7,9,12,15H2,1-4H3/t16-,18-,19-/m0/s1. The minimum atomic E-state index is -0.0805. The minimum absolute atomic E-state index is 0.0348. The molecule has 1 heterocycles. The van der Waals surface area contributed by atoms with Crippen LogP contribution in [-0.4, -0.2) is 32.4 Å². The average Bonchev–Trinajstić information content (AvgIpc) is 2.51. The molecule has 1 aromatic carbocycles. The van der Waals surface area contributed by atoms with E-state index in [-0.39, 0.29) is 11.7 Å². The molecule has 0 spiro atoms. The monoisotopic (exact) mass is 384 g/mol. The van der Waals surface area contributed by atoms with E-state index in [0.717, 1.165) is 6.42 Å². The Bertz CT molecular complexity index is 441. The SMILES string of the molecule is CCCCCC[C@H]1C[C@H]([Se]c2ccccc2)O[C@@H](C(C)(C)C)O1. The van der Waals surface area contributed by atoms with Crippen LogP contribution >= 0.6 is 0 Å². The van der Waals surface area contributed by atoms with Crippen molar-refractivity contribution in [2.24, 2.45) is 5.41 Å². The van der Waals surface area contributed by atoms with E-state index in [1.54, 1.807) is 0 Å². The van der Waals surface area contributed by atoms with Crippen molar-refractivity contribution < 1.29 is 9.47 Å². The van der Waals surface area contributed by atoms with Gasteiger partial charge in [0.1, 0.15) is 0 Å². The predicted octanol–water partition coefficient (Wildman–Crippen LogP) is 4.49. The zero-order valence-electron chi connectivity index (χ0n) is 15.1. The van der Waals surface area contributed by atoms with Gasteiger partial charge in [-0.05, 0) is 0 Å². The predicted molar refractivity (Wildman–Crippen MR) is 98.2 cm³/mol. The summed E-state index contributed by atoms with van der Waals surface area (Å²) >= 11 is 0.357. The van der Waals surface area contributed by atoms with Gasteiger partial charge in [-0.2, -0.15) is 0 Å². The zero-order valence-corrected chi connectivity index (χ0v) is 16.8. The van der Waals surface area contributed by atoms with Crippen LogP contribution in [0.15, 0.2) is 30.3 Å². The number of rotatable bonds is 7. The van der Waals surface area contributed by atoms with Crippen LogP contribution in [0.3, 0.4) is 0 Å². The van der Waals surface area contributed by atoms with E-state index in [1.807, 2.05) is 0 Å². The van der Waals surface area contributed by atoms with Crippen LogP contribution in [0.1, 0.15) is 66.2 Å². The fourth-order valence-corrected chi connectivity index (χ4v) is 5.07. The van der Waals surface area contributed by atoms with Gasteiger partial charge in [-0.3, -0.25) is 0 Å². The van der Waals surface area contributed by atoms with Gasteiger partial charge in [-0.1, -0.05) is 0 Å². The van der Waals surface area contributed by atoms with E-state index in [2.05, 4.69) is 58.0 Å². The molecule has 0 N–H and O–H groups in total. The number of benzene rings is 1. The molecule has 3 atom stereocenters. The van der Waals surface area contributed by atoms with Crippen LogP contribution in [-0.2, 0) is 9.47 Å². The maximum atomic E-state index is 6.32. The molecule has 2 nitrogen and oxygen atoms in total. The zero-order chi connectivity index (χ0) is 16.7. The van der Waals surface area contributed by atoms with Crippen LogP contribution in [0, 0.1) is 5.41 Å². The molecule has 1 aliphatic rings. The summed E-state index contributed by atoms with van der Waals surface area (Å²) in [5, 5.41) is 0.332. The van der Waals surface area contributed by atoms with Crippen molar-refractivity contribution in [1.82, 2.24) is 0 Å². The van der Waals surface area contributed by atoms with Gasteiger partial charge >= 0.3 is 148 Å². The average molecular weight is 383 g/mol. The van der Waals surface area contributed by atoms with Gasteiger partial charge < -0.3 is 0 Å². The van der Waals surface area contributed by atoms with Crippen molar-refractivity contribution in [2.75, 3.05) is 0 Å². The third-order valence-electron chi connectivity index (χ3n) is 4.14. The third kappa shape index (κ3) is 6.58. The van der Waals surface area contributed by atoms with Crippen LogP contribution < -0.4 is 4.46 Å². The van der Waals surface area contributed by atoms with Crippen molar-refractivity contribution in [3.05, 3.63) is 30.3 Å². The molecule has 1 aliphatic heterocycles. The topological polar surface area (TPSA) is 18.5 Å². The first-order valence-electron chi connectivity index (χ1n) is 9.01. The van der Waals surface area contributed by atoms with Gasteiger partial charge in [0.2, 0.25) is 0 Å². The first-order chi connectivity index (χ1) is 11.0. The van der Waals surface area contributed by atoms with Crippen molar-refractivity contribution in [2.45, 2.75) is 83.6 Å². The summed E-state index contributed by atoms with van der Waals surface area (Å²) in [4.78, 5) is 0. The second kappa shape index (κ2) is 9.22. The van der Waals surface area contributed by atoms with Crippen molar-refractivity contribution >= 4 is 19.4 Å². The summed E-state index contributed by atoms with van der Waals surface area (Å²) in [5.74, 6) is 0. The summed E-state index contributed by atoms with van der Waals surface area (Å²) in [6.07, 6.45) is 7.74. The molecular formula is C20H32O2Se. The molecule has 1 saturated heterocycles. The summed E-state index contributed by atoms with van der Waals surface area (Å²) in [6.45, 7) is 8.90. The van der Waals surface area contributed by atoms with Gasteiger partial charge in [0, 0.05) is 0 Å². The Morgan fingerprint density at radius 3 is 2.43 bits per heavy atom. The first-order valence-corrected chi connectivity index (χ1v) is 10.9. The van der Waals surface area contributed by atoms with Gasteiger partial charge in [0.15, 0.2) is 0 Å². The van der Waals surface area contributed by atoms with E-state index >= 15 is 0 Å². The Labute approximate surface area is 148 Å². The van der Waals surface area contributed by atoms with Crippen LogP contribution in [0.5, 0.6) is 0 Å². The van der Waals surface area contributed by atoms with Crippen molar-refractivity contribution in [1.29, 1.82) is 0 Å². The Balaban J connectivity index is 1.94. The van der Waals surface area contributed by atoms with Crippen LogP contribution in [0.2, 0.25) is 0 Å². The number of hydrogen-bond donors (Lipinski definition) is 0. The molecular weight excluding hydrogens is 351 g/mol. The molecule has 0 saturated carbocycles. The quantitative estimate of drug-likeness (QED) is 0.510. The number of unbranched alkanes of at least 4 members (excludes halogenated alkanes) is 3. The molecule has 3 heteroatoms. The van der Waals surface area contributed by atoms with E-state index in [9.17, 15) is 0 Å². The van der Waals surface area contributed by atoms with Gasteiger partial charge in [-0.25, -0.2) is 0 Å². The molecule has 130 valence electrons. The Morgan fingerprint density at radius 2 is 1.78 bits per heavy atom. The molecule has 1 fully saturated rings. The molecule has 0 bridgehead atoms. The van der Waals surface area contributed by atoms with E-state index in [1.165, 1.54) is 36.6 Å². The molecule has 1 aromatic rings. The molecule has 0 amide bonds. The second-order valence-corrected chi connectivity index (χ2v) is 10.1. The fraction of sp³-hybridized carbons (Fsp3) is 0.700. The maximum absolute atomic E-state index is 6.32.